The maximum Gasteiger partial charge on any atom is 0.317 e. The fraction of sp³-hybridized carbons (Fsp3) is 0.452. The molecule has 2 aliphatic heterocycles. The summed E-state index contributed by atoms with van der Waals surface area (Å²) in [5.74, 6) is -1.23. The van der Waals surface area contributed by atoms with Gasteiger partial charge in [0.1, 0.15) is 23.9 Å². The number of rotatable bonds is 6. The molecule has 3 aliphatic rings. The van der Waals surface area contributed by atoms with Crippen molar-refractivity contribution in [3.63, 3.8) is 0 Å². The molecule has 2 heterocycles. The second kappa shape index (κ2) is 13.1. The van der Waals surface area contributed by atoms with Gasteiger partial charge in [-0.15, -0.1) is 0 Å². The number of hydrogen-bond donors (Lipinski definition) is 4. The van der Waals surface area contributed by atoms with Gasteiger partial charge >= 0.3 is 6.03 Å². The Labute approximate surface area is 250 Å². The van der Waals surface area contributed by atoms with Crippen molar-refractivity contribution in [2.45, 2.75) is 49.7 Å². The second-order valence-electron chi connectivity index (χ2n) is 11.3. The molecule has 5 rings (SSSR count). The first-order valence-corrected chi connectivity index (χ1v) is 14.7. The molecule has 1 spiro atoms. The summed E-state index contributed by atoms with van der Waals surface area (Å²) in [5, 5.41) is 11.2. The molecule has 12 nitrogen and oxygen atoms in total. The van der Waals surface area contributed by atoms with E-state index >= 15 is 0 Å². The van der Waals surface area contributed by atoms with E-state index in [0.717, 1.165) is 5.56 Å². The van der Waals surface area contributed by atoms with Gasteiger partial charge in [0, 0.05) is 39.6 Å². The van der Waals surface area contributed by atoms with E-state index in [4.69, 9.17) is 4.74 Å². The zero-order valence-corrected chi connectivity index (χ0v) is 24.3. The van der Waals surface area contributed by atoms with Gasteiger partial charge in [-0.3, -0.25) is 19.2 Å². The van der Waals surface area contributed by atoms with Crippen LogP contribution in [0.25, 0.3) is 0 Å². The van der Waals surface area contributed by atoms with Crippen molar-refractivity contribution < 1.29 is 28.7 Å². The van der Waals surface area contributed by atoms with Gasteiger partial charge < -0.3 is 35.8 Å². The molecule has 43 heavy (non-hydrogen) atoms. The molecule has 1 saturated heterocycles. The van der Waals surface area contributed by atoms with Gasteiger partial charge in [0.05, 0.1) is 11.6 Å². The molecular formula is C31H38N6O6. The number of carbonyl (C=O) groups excluding carboxylic acids is 5. The van der Waals surface area contributed by atoms with Crippen LogP contribution in [0.2, 0.25) is 0 Å². The monoisotopic (exact) mass is 590 g/mol. The molecular weight excluding hydrogens is 552 g/mol. The summed E-state index contributed by atoms with van der Waals surface area (Å²) in [6.07, 6.45) is 1.51. The number of fused-ring (bicyclic) bond motifs is 1. The van der Waals surface area contributed by atoms with Crippen molar-refractivity contribution in [3.8, 4) is 5.75 Å². The van der Waals surface area contributed by atoms with Crippen LogP contribution in [-0.2, 0) is 20.8 Å². The smallest absolute Gasteiger partial charge is 0.317 e. The predicted octanol–water partition coefficient (Wildman–Crippen LogP) is 0.818. The third-order valence-electron chi connectivity index (χ3n) is 8.19. The third kappa shape index (κ3) is 7.25. The van der Waals surface area contributed by atoms with Crippen LogP contribution in [-0.4, -0.2) is 96.9 Å². The molecule has 12 heteroatoms. The maximum absolute atomic E-state index is 13.7. The molecule has 0 bridgehead atoms. The Hall–Kier alpha value is -4.61. The van der Waals surface area contributed by atoms with Gasteiger partial charge in [-0.1, -0.05) is 42.5 Å². The minimum atomic E-state index is -1.02. The van der Waals surface area contributed by atoms with Crippen LogP contribution in [0.3, 0.4) is 0 Å². The predicted molar refractivity (Wildman–Crippen MR) is 157 cm³/mol. The number of benzene rings is 2. The summed E-state index contributed by atoms with van der Waals surface area (Å²) < 4.78 is 6.19. The number of likely N-dealkylation sites (N-methyl/N-ethyl adjacent to an activating group) is 1. The van der Waals surface area contributed by atoms with Crippen molar-refractivity contribution in [3.05, 3.63) is 65.7 Å². The molecule has 0 radical (unpaired) electrons. The molecule has 2 atom stereocenters. The Bertz CT molecular complexity index is 1360. The lowest BCUT2D eigenvalue weighted by Crippen LogP contribution is -2.54. The van der Waals surface area contributed by atoms with Gasteiger partial charge in [-0.05, 0) is 43.4 Å². The lowest BCUT2D eigenvalue weighted by Gasteiger charge is -2.32. The van der Waals surface area contributed by atoms with E-state index in [2.05, 4.69) is 21.3 Å². The first kappa shape index (κ1) is 29.9. The van der Waals surface area contributed by atoms with Gasteiger partial charge in [0.25, 0.3) is 5.91 Å². The zero-order valence-electron chi connectivity index (χ0n) is 24.3. The fourth-order valence-corrected chi connectivity index (χ4v) is 5.45. The Kier molecular flexibility index (Phi) is 9.13. The summed E-state index contributed by atoms with van der Waals surface area (Å²) in [4.78, 5) is 68.5. The summed E-state index contributed by atoms with van der Waals surface area (Å²) in [5.41, 5.74) is 0.267. The average Bonchev–Trinajstić information content (AvgIpc) is 3.68. The highest BCUT2D eigenvalue weighted by Crippen LogP contribution is 2.38. The highest BCUT2D eigenvalue weighted by molar-refractivity contribution is 6.00. The number of urea groups is 1. The van der Waals surface area contributed by atoms with Gasteiger partial charge in [-0.25, -0.2) is 4.79 Å². The minimum absolute atomic E-state index is 0.0212. The highest BCUT2D eigenvalue weighted by atomic mass is 16.5. The summed E-state index contributed by atoms with van der Waals surface area (Å²) in [6.45, 7) is 1.72. The van der Waals surface area contributed by atoms with Crippen molar-refractivity contribution in [2.75, 3.05) is 39.8 Å². The lowest BCUT2D eigenvalue weighted by molar-refractivity contribution is -0.139. The largest absolute Gasteiger partial charge is 0.491 e. The van der Waals surface area contributed by atoms with Crippen LogP contribution in [0.15, 0.2) is 54.6 Å². The van der Waals surface area contributed by atoms with Crippen molar-refractivity contribution in [2.24, 2.45) is 0 Å². The maximum atomic E-state index is 13.7. The Morgan fingerprint density at radius 1 is 1.05 bits per heavy atom. The van der Waals surface area contributed by atoms with E-state index in [0.29, 0.717) is 44.6 Å². The van der Waals surface area contributed by atoms with Gasteiger partial charge in [0.15, 0.2) is 0 Å². The van der Waals surface area contributed by atoms with Crippen LogP contribution in [0.5, 0.6) is 5.75 Å². The molecule has 1 aliphatic carbocycles. The molecule has 228 valence electrons. The van der Waals surface area contributed by atoms with Crippen molar-refractivity contribution >= 4 is 29.7 Å². The summed E-state index contributed by atoms with van der Waals surface area (Å²) in [6, 6.07) is 14.9. The van der Waals surface area contributed by atoms with E-state index in [1.165, 1.54) is 0 Å². The standard InChI is InChI=1S/C31H38N6O6/c1-36-22(19-21-7-3-2-4-8-21)20-43-25-10-6-5-9-23(25)27(39)34-24(11-12-26(38)35-31(13-14-31)29(36)41)28(40)32-15-17-37-18-16-33-30(37)42/h2-10,22,24H,11-20H2,1H3,(H,32,40)(H,33,42)(H,34,39)(H,35,38)/t22-,24-/m0/s1. The summed E-state index contributed by atoms with van der Waals surface area (Å²) in [7, 11) is 1.72. The summed E-state index contributed by atoms with van der Waals surface area (Å²) >= 11 is 0. The average molecular weight is 591 g/mol. The van der Waals surface area contributed by atoms with Gasteiger partial charge in [-0.2, -0.15) is 0 Å². The fourth-order valence-electron chi connectivity index (χ4n) is 5.45. The molecule has 0 aromatic heterocycles. The first-order valence-electron chi connectivity index (χ1n) is 14.7. The number of carbonyl (C=O) groups is 5. The van der Waals surface area contributed by atoms with Crippen LogP contribution >= 0.6 is 0 Å². The lowest BCUT2D eigenvalue weighted by atomic mass is 10.0. The minimum Gasteiger partial charge on any atom is -0.491 e. The number of nitrogens with zero attached hydrogens (tertiary/aromatic N) is 2. The molecule has 2 fully saturated rings. The second-order valence-corrected chi connectivity index (χ2v) is 11.3. The van der Waals surface area contributed by atoms with Crippen LogP contribution in [0, 0.1) is 0 Å². The zero-order chi connectivity index (χ0) is 30.4. The van der Waals surface area contributed by atoms with E-state index in [1.807, 2.05) is 30.3 Å². The molecule has 6 amide bonds. The van der Waals surface area contributed by atoms with Crippen LogP contribution in [0.4, 0.5) is 4.79 Å². The molecule has 0 unspecified atom stereocenters. The number of ether oxygens (including phenoxy) is 1. The van der Waals surface area contributed by atoms with E-state index in [1.54, 1.807) is 41.1 Å². The van der Waals surface area contributed by atoms with E-state index in [9.17, 15) is 24.0 Å². The van der Waals surface area contributed by atoms with Crippen LogP contribution in [0.1, 0.15) is 41.6 Å². The number of nitrogens with one attached hydrogen (secondary N) is 4. The normalized spacial score (nSPS) is 22.3. The topological polar surface area (TPSA) is 149 Å². The quantitative estimate of drug-likeness (QED) is 0.392. The molecule has 2 aromatic carbocycles. The number of hydrogen-bond acceptors (Lipinski definition) is 6. The third-order valence-corrected chi connectivity index (χ3v) is 8.19. The number of para-hydroxylation sites is 1. The van der Waals surface area contributed by atoms with Crippen LogP contribution < -0.4 is 26.0 Å². The highest BCUT2D eigenvalue weighted by Gasteiger charge is 2.53. The number of amides is 6. The Balaban J connectivity index is 1.37. The SMILES string of the molecule is CN1C(=O)C2(CC2)NC(=O)CC[C@@H](C(=O)NCCN2CCNC2=O)NC(=O)c2ccccc2OC[C@@H]1Cc1ccccc1. The van der Waals surface area contributed by atoms with E-state index in [-0.39, 0.29) is 55.4 Å². The molecule has 1 saturated carbocycles. The Morgan fingerprint density at radius 3 is 2.51 bits per heavy atom. The Morgan fingerprint density at radius 2 is 1.79 bits per heavy atom. The molecule has 4 N–H and O–H groups in total. The van der Waals surface area contributed by atoms with Gasteiger partial charge in [0.2, 0.25) is 17.7 Å². The van der Waals surface area contributed by atoms with E-state index < -0.39 is 23.4 Å². The molecule has 2 aromatic rings. The van der Waals surface area contributed by atoms with Crippen molar-refractivity contribution in [1.82, 2.24) is 31.1 Å². The van der Waals surface area contributed by atoms with Crippen molar-refractivity contribution in [1.29, 1.82) is 0 Å². The first-order chi connectivity index (χ1) is 20.8.